The Morgan fingerprint density at radius 2 is 1.58 bits per heavy atom. The van der Waals surface area contributed by atoms with Crippen LogP contribution in [0.2, 0.25) is 0 Å². The predicted molar refractivity (Wildman–Crippen MR) is 106 cm³/mol. The molecule has 26 heavy (non-hydrogen) atoms. The molecule has 1 amide bonds. The van der Waals surface area contributed by atoms with Crippen LogP contribution >= 0.6 is 0 Å². The summed E-state index contributed by atoms with van der Waals surface area (Å²) in [5, 5.41) is 3.11. The van der Waals surface area contributed by atoms with Gasteiger partial charge in [-0.1, -0.05) is 27.7 Å². The summed E-state index contributed by atoms with van der Waals surface area (Å²) in [7, 11) is 0. The van der Waals surface area contributed by atoms with Gasteiger partial charge in [-0.3, -0.25) is 9.59 Å². The summed E-state index contributed by atoms with van der Waals surface area (Å²) in [4.78, 5) is 24.1. The lowest BCUT2D eigenvalue weighted by molar-refractivity contribution is -0.127. The fraction of sp³-hybridized carbons (Fsp3) is 0.905. The van der Waals surface area contributed by atoms with Crippen LogP contribution in [0.3, 0.4) is 0 Å². The quantitative estimate of drug-likeness (QED) is 0.497. The SMILES string of the molecule is CC(C)COCCCOCCCC(=O)NC1CCC(C(=O)C(C)C)CC1.[HH]. The Hall–Kier alpha value is -0.940. The number of carbonyl (C=O) groups is 2. The molecule has 0 bridgehead atoms. The molecule has 0 aromatic rings. The van der Waals surface area contributed by atoms with Crippen molar-refractivity contribution in [2.45, 2.75) is 78.7 Å². The first-order chi connectivity index (χ1) is 12.4. The van der Waals surface area contributed by atoms with E-state index in [9.17, 15) is 9.59 Å². The van der Waals surface area contributed by atoms with E-state index in [1.54, 1.807) is 0 Å². The topological polar surface area (TPSA) is 64.6 Å². The molecule has 0 saturated heterocycles. The normalized spacial score (nSPS) is 20.5. The molecule has 1 rings (SSSR count). The van der Waals surface area contributed by atoms with Gasteiger partial charge in [-0.25, -0.2) is 0 Å². The smallest absolute Gasteiger partial charge is 0.220 e. The monoisotopic (exact) mass is 371 g/mol. The number of rotatable bonds is 13. The highest BCUT2D eigenvalue weighted by atomic mass is 16.5. The van der Waals surface area contributed by atoms with E-state index in [1.165, 1.54) is 0 Å². The average molecular weight is 372 g/mol. The summed E-state index contributed by atoms with van der Waals surface area (Å²) in [5.41, 5.74) is 0. The molecule has 0 heterocycles. The highest BCUT2D eigenvalue weighted by Gasteiger charge is 2.27. The first kappa shape index (κ1) is 23.1. The maximum atomic E-state index is 12.0. The molecule has 0 atom stereocenters. The number of Topliss-reactive ketones (excluding diaryl/α,β-unsaturated/α-hetero) is 1. The van der Waals surface area contributed by atoms with Gasteiger partial charge in [0.1, 0.15) is 5.78 Å². The summed E-state index contributed by atoms with van der Waals surface area (Å²) >= 11 is 0. The molecule has 5 nitrogen and oxygen atoms in total. The lowest BCUT2D eigenvalue weighted by atomic mass is 9.80. The van der Waals surface area contributed by atoms with Gasteiger partial charge in [0.05, 0.1) is 0 Å². The zero-order chi connectivity index (χ0) is 19.4. The third-order valence-electron chi connectivity index (χ3n) is 4.78. The largest absolute Gasteiger partial charge is 0.381 e. The summed E-state index contributed by atoms with van der Waals surface area (Å²) < 4.78 is 11.0. The van der Waals surface area contributed by atoms with Crippen LogP contribution in [0.15, 0.2) is 0 Å². The second kappa shape index (κ2) is 13.3. The first-order valence-corrected chi connectivity index (χ1v) is 10.4. The Labute approximate surface area is 161 Å². The van der Waals surface area contributed by atoms with Crippen LogP contribution in [0.4, 0.5) is 0 Å². The maximum Gasteiger partial charge on any atom is 0.220 e. The van der Waals surface area contributed by atoms with Crippen LogP contribution < -0.4 is 5.32 Å². The molecular formula is C21H41NO4. The summed E-state index contributed by atoms with van der Waals surface area (Å²) in [5.74, 6) is 1.36. The fourth-order valence-electron chi connectivity index (χ4n) is 3.31. The molecule has 0 aromatic carbocycles. The number of amides is 1. The molecule has 0 aromatic heterocycles. The predicted octanol–water partition coefficient (Wildman–Crippen LogP) is 3.99. The second-order valence-electron chi connectivity index (χ2n) is 8.21. The van der Waals surface area contributed by atoms with E-state index < -0.39 is 0 Å². The molecule has 0 aliphatic heterocycles. The number of hydrogen-bond acceptors (Lipinski definition) is 4. The lowest BCUT2D eigenvalue weighted by Crippen LogP contribution is -2.39. The van der Waals surface area contributed by atoms with Gasteiger partial charge >= 0.3 is 0 Å². The van der Waals surface area contributed by atoms with Crippen LogP contribution in [0.5, 0.6) is 0 Å². The Bertz CT molecular complexity index is 407. The van der Waals surface area contributed by atoms with E-state index in [0.29, 0.717) is 31.3 Å². The van der Waals surface area contributed by atoms with Crippen molar-refractivity contribution in [3.05, 3.63) is 0 Å². The maximum absolute atomic E-state index is 12.0. The van der Waals surface area contributed by atoms with Crippen LogP contribution in [0.25, 0.3) is 0 Å². The molecule has 1 N–H and O–H groups in total. The lowest BCUT2D eigenvalue weighted by Gasteiger charge is -2.29. The molecule has 1 aliphatic carbocycles. The average Bonchev–Trinajstić information content (AvgIpc) is 2.60. The minimum absolute atomic E-state index is 0. The van der Waals surface area contributed by atoms with Crippen LogP contribution in [0.1, 0.15) is 74.1 Å². The number of nitrogens with one attached hydrogen (secondary N) is 1. The molecule has 1 saturated carbocycles. The van der Waals surface area contributed by atoms with Crippen molar-refractivity contribution < 1.29 is 20.5 Å². The van der Waals surface area contributed by atoms with Crippen molar-refractivity contribution >= 4 is 11.7 Å². The number of ketones is 1. The molecule has 1 aliphatic rings. The molecule has 1 fully saturated rings. The Balaban J connectivity index is 0.00000676. The van der Waals surface area contributed by atoms with Crippen molar-refractivity contribution in [2.75, 3.05) is 26.4 Å². The Morgan fingerprint density at radius 3 is 2.19 bits per heavy atom. The molecule has 0 unspecified atom stereocenters. The van der Waals surface area contributed by atoms with Gasteiger partial charge in [-0.2, -0.15) is 0 Å². The summed E-state index contributed by atoms with van der Waals surface area (Å²) in [6.45, 7) is 11.1. The highest BCUT2D eigenvalue weighted by Crippen LogP contribution is 2.27. The highest BCUT2D eigenvalue weighted by molar-refractivity contribution is 5.83. The van der Waals surface area contributed by atoms with Gasteiger partial charge in [0.15, 0.2) is 0 Å². The van der Waals surface area contributed by atoms with Gasteiger partial charge in [0.2, 0.25) is 5.91 Å². The summed E-state index contributed by atoms with van der Waals surface area (Å²) in [6, 6.07) is 0.234. The van der Waals surface area contributed by atoms with Crippen molar-refractivity contribution in [1.29, 1.82) is 0 Å². The number of ether oxygens (including phenoxy) is 2. The molecule has 0 spiro atoms. The molecule has 0 radical (unpaired) electrons. The van der Waals surface area contributed by atoms with Crippen molar-refractivity contribution in [1.82, 2.24) is 5.32 Å². The van der Waals surface area contributed by atoms with Crippen LogP contribution in [-0.4, -0.2) is 44.2 Å². The molecule has 5 heteroatoms. The van der Waals surface area contributed by atoms with E-state index >= 15 is 0 Å². The second-order valence-corrected chi connectivity index (χ2v) is 8.21. The number of hydrogen-bond donors (Lipinski definition) is 1. The molecular weight excluding hydrogens is 330 g/mol. The van der Waals surface area contributed by atoms with E-state index in [4.69, 9.17) is 9.47 Å². The van der Waals surface area contributed by atoms with Crippen molar-refractivity contribution in [3.8, 4) is 0 Å². The minimum Gasteiger partial charge on any atom is -0.381 e. The van der Waals surface area contributed by atoms with Crippen molar-refractivity contribution in [2.24, 2.45) is 17.8 Å². The van der Waals surface area contributed by atoms with Gasteiger partial charge in [-0.05, 0) is 44.4 Å². The van der Waals surface area contributed by atoms with Crippen LogP contribution in [-0.2, 0) is 19.1 Å². The minimum atomic E-state index is 0. The standard InChI is InChI=1S/C21H39NO4.H2/c1-16(2)15-26-14-6-13-25-12-5-7-20(23)22-19-10-8-18(9-11-19)21(24)17(3)4;/h16-19H,5-15H2,1-4H3,(H,22,23);1H. The third-order valence-corrected chi connectivity index (χ3v) is 4.78. The molecule has 154 valence electrons. The Kier molecular flexibility index (Phi) is 11.8. The van der Waals surface area contributed by atoms with E-state index in [-0.39, 0.29) is 25.2 Å². The van der Waals surface area contributed by atoms with Gasteiger partial charge in [0.25, 0.3) is 0 Å². The summed E-state index contributed by atoms with van der Waals surface area (Å²) in [6.07, 6.45) is 5.81. The van der Waals surface area contributed by atoms with Crippen molar-refractivity contribution in [3.63, 3.8) is 0 Å². The third kappa shape index (κ3) is 10.3. The fourth-order valence-corrected chi connectivity index (χ4v) is 3.31. The zero-order valence-electron chi connectivity index (χ0n) is 17.2. The van der Waals surface area contributed by atoms with Crippen LogP contribution in [0, 0.1) is 17.8 Å². The van der Waals surface area contributed by atoms with Gasteiger partial charge in [-0.15, -0.1) is 0 Å². The first-order valence-electron chi connectivity index (χ1n) is 10.4. The number of carbonyl (C=O) groups excluding carboxylic acids is 2. The van der Waals surface area contributed by atoms with E-state index in [2.05, 4.69) is 19.2 Å². The van der Waals surface area contributed by atoms with Gasteiger partial charge < -0.3 is 14.8 Å². The van der Waals surface area contributed by atoms with E-state index in [0.717, 1.165) is 51.7 Å². The Morgan fingerprint density at radius 1 is 0.962 bits per heavy atom. The zero-order valence-corrected chi connectivity index (χ0v) is 17.2. The van der Waals surface area contributed by atoms with Gasteiger partial charge in [0, 0.05) is 52.2 Å². The van der Waals surface area contributed by atoms with E-state index in [1.807, 2.05) is 13.8 Å².